The SMILES string of the molecule is C=C(OCC)C(=C)N(C(=O)C=O)C(=O)C=O. The lowest BCUT2D eigenvalue weighted by Gasteiger charge is -2.19. The van der Waals surface area contributed by atoms with Crippen molar-refractivity contribution in [1.29, 1.82) is 0 Å². The molecular formula is C10H11NO5. The Morgan fingerprint density at radius 2 is 1.62 bits per heavy atom. The highest BCUT2D eigenvalue weighted by Crippen LogP contribution is 2.12. The number of rotatable bonds is 6. The van der Waals surface area contributed by atoms with Gasteiger partial charge in [-0.3, -0.25) is 19.2 Å². The van der Waals surface area contributed by atoms with Gasteiger partial charge in [0.05, 0.1) is 12.3 Å². The summed E-state index contributed by atoms with van der Waals surface area (Å²) in [5, 5.41) is 0. The first-order valence-corrected chi connectivity index (χ1v) is 4.28. The fourth-order valence-electron chi connectivity index (χ4n) is 0.862. The summed E-state index contributed by atoms with van der Waals surface area (Å²) in [6.45, 7) is 8.66. The molecule has 0 atom stereocenters. The van der Waals surface area contributed by atoms with Crippen LogP contribution in [-0.4, -0.2) is 35.9 Å². The second-order valence-corrected chi connectivity index (χ2v) is 2.55. The normalized spacial score (nSPS) is 8.81. The summed E-state index contributed by atoms with van der Waals surface area (Å²) in [6.07, 6.45) is -0.211. The van der Waals surface area contributed by atoms with Crippen molar-refractivity contribution in [2.24, 2.45) is 0 Å². The predicted octanol–water partition coefficient (Wildman–Crippen LogP) is -0.197. The molecule has 6 heteroatoms. The van der Waals surface area contributed by atoms with Gasteiger partial charge in [-0.1, -0.05) is 13.2 Å². The van der Waals surface area contributed by atoms with E-state index in [1.54, 1.807) is 6.92 Å². The van der Waals surface area contributed by atoms with E-state index in [-0.39, 0.29) is 30.6 Å². The van der Waals surface area contributed by atoms with Gasteiger partial charge in [0.2, 0.25) is 12.6 Å². The maximum absolute atomic E-state index is 11.1. The van der Waals surface area contributed by atoms with E-state index in [2.05, 4.69) is 13.2 Å². The van der Waals surface area contributed by atoms with Crippen molar-refractivity contribution in [3.63, 3.8) is 0 Å². The third-order valence-corrected chi connectivity index (χ3v) is 1.55. The zero-order valence-corrected chi connectivity index (χ0v) is 8.76. The van der Waals surface area contributed by atoms with E-state index in [0.29, 0.717) is 4.90 Å². The van der Waals surface area contributed by atoms with Crippen LogP contribution in [0.3, 0.4) is 0 Å². The molecule has 0 rings (SSSR count). The number of imide groups is 1. The number of hydrogen-bond donors (Lipinski definition) is 0. The van der Waals surface area contributed by atoms with Gasteiger partial charge in [-0.2, -0.15) is 0 Å². The number of carbonyl (C=O) groups excluding carboxylic acids is 4. The molecule has 0 heterocycles. The molecule has 0 aliphatic heterocycles. The van der Waals surface area contributed by atoms with E-state index in [9.17, 15) is 19.2 Å². The first-order chi connectivity index (χ1) is 7.49. The largest absolute Gasteiger partial charge is 0.492 e. The van der Waals surface area contributed by atoms with Crippen LogP contribution in [0.15, 0.2) is 24.6 Å². The van der Waals surface area contributed by atoms with Crippen molar-refractivity contribution in [2.45, 2.75) is 6.92 Å². The van der Waals surface area contributed by atoms with E-state index < -0.39 is 11.8 Å². The number of carbonyl (C=O) groups is 4. The van der Waals surface area contributed by atoms with Crippen LogP contribution in [0.4, 0.5) is 0 Å². The standard InChI is InChI=1S/C10H11NO5/c1-4-16-8(3)7(2)11(9(14)5-12)10(15)6-13/h5-6H,2-4H2,1H3. The average molecular weight is 225 g/mol. The maximum Gasteiger partial charge on any atom is 0.298 e. The van der Waals surface area contributed by atoms with Crippen LogP contribution in [0.2, 0.25) is 0 Å². The number of hydrogen-bond acceptors (Lipinski definition) is 5. The van der Waals surface area contributed by atoms with Gasteiger partial charge in [-0.15, -0.1) is 0 Å². The van der Waals surface area contributed by atoms with E-state index in [1.165, 1.54) is 0 Å². The van der Waals surface area contributed by atoms with Gasteiger partial charge < -0.3 is 4.74 Å². The molecule has 0 fully saturated rings. The van der Waals surface area contributed by atoms with Gasteiger partial charge >= 0.3 is 0 Å². The summed E-state index contributed by atoms with van der Waals surface area (Å²) in [4.78, 5) is 43.0. The molecule has 0 spiro atoms. The summed E-state index contributed by atoms with van der Waals surface area (Å²) >= 11 is 0. The van der Waals surface area contributed by atoms with Crippen LogP contribution in [0.5, 0.6) is 0 Å². The van der Waals surface area contributed by atoms with Gasteiger partial charge in [0, 0.05) is 0 Å². The van der Waals surface area contributed by atoms with Crippen molar-refractivity contribution < 1.29 is 23.9 Å². The molecule has 0 saturated heterocycles. The van der Waals surface area contributed by atoms with E-state index in [0.717, 1.165) is 0 Å². The van der Waals surface area contributed by atoms with E-state index in [4.69, 9.17) is 4.74 Å². The van der Waals surface area contributed by atoms with Crippen molar-refractivity contribution in [3.05, 3.63) is 24.6 Å². The highest BCUT2D eigenvalue weighted by Gasteiger charge is 2.25. The second kappa shape index (κ2) is 6.28. The average Bonchev–Trinajstić information content (AvgIpc) is 2.28. The maximum atomic E-state index is 11.1. The van der Waals surface area contributed by atoms with Gasteiger partial charge in [0.15, 0.2) is 0 Å². The molecule has 0 aromatic rings. The lowest BCUT2D eigenvalue weighted by Crippen LogP contribution is -2.38. The summed E-state index contributed by atoms with van der Waals surface area (Å²) in [5.74, 6) is -2.47. The molecule has 0 bridgehead atoms. The lowest BCUT2D eigenvalue weighted by molar-refractivity contribution is -0.148. The topological polar surface area (TPSA) is 80.8 Å². The number of aldehydes is 2. The van der Waals surface area contributed by atoms with Crippen molar-refractivity contribution >= 4 is 24.4 Å². The fourth-order valence-corrected chi connectivity index (χ4v) is 0.862. The zero-order chi connectivity index (χ0) is 12.7. The second-order valence-electron chi connectivity index (χ2n) is 2.55. The summed E-state index contributed by atoms with van der Waals surface area (Å²) < 4.78 is 4.90. The first kappa shape index (κ1) is 13.8. The molecule has 0 aromatic carbocycles. The van der Waals surface area contributed by atoms with Gasteiger partial charge in [-0.05, 0) is 6.92 Å². The molecule has 0 aromatic heterocycles. The highest BCUT2D eigenvalue weighted by molar-refractivity contribution is 6.36. The monoisotopic (exact) mass is 225 g/mol. The Kier molecular flexibility index (Phi) is 5.40. The van der Waals surface area contributed by atoms with Crippen LogP contribution in [-0.2, 0) is 23.9 Å². The Hall–Kier alpha value is -2.24. The summed E-state index contributed by atoms with van der Waals surface area (Å²) in [7, 11) is 0. The van der Waals surface area contributed by atoms with Gasteiger partial charge in [-0.25, -0.2) is 4.90 Å². The number of nitrogens with zero attached hydrogens (tertiary/aromatic N) is 1. The third-order valence-electron chi connectivity index (χ3n) is 1.55. The molecule has 0 N–H and O–H groups in total. The molecule has 0 radical (unpaired) electrons. The Morgan fingerprint density at radius 1 is 1.19 bits per heavy atom. The minimum absolute atomic E-state index is 0.0621. The molecule has 0 unspecified atom stereocenters. The zero-order valence-electron chi connectivity index (χ0n) is 8.76. The first-order valence-electron chi connectivity index (χ1n) is 4.28. The minimum Gasteiger partial charge on any atom is -0.492 e. The Bertz CT molecular complexity index is 338. The summed E-state index contributed by atoms with van der Waals surface area (Å²) in [5.41, 5.74) is -0.240. The third kappa shape index (κ3) is 3.16. The van der Waals surface area contributed by atoms with Crippen molar-refractivity contribution in [3.8, 4) is 0 Å². The van der Waals surface area contributed by atoms with E-state index >= 15 is 0 Å². The molecule has 86 valence electrons. The number of ether oxygens (including phenoxy) is 1. The predicted molar refractivity (Wildman–Crippen MR) is 53.9 cm³/mol. The van der Waals surface area contributed by atoms with Crippen molar-refractivity contribution in [2.75, 3.05) is 6.61 Å². The molecule has 2 amide bonds. The molecule has 0 saturated carbocycles. The fraction of sp³-hybridized carbons (Fsp3) is 0.200. The van der Waals surface area contributed by atoms with Gasteiger partial charge in [0.1, 0.15) is 5.76 Å². The van der Waals surface area contributed by atoms with Crippen molar-refractivity contribution in [1.82, 2.24) is 4.90 Å². The molecular weight excluding hydrogens is 214 g/mol. The van der Waals surface area contributed by atoms with Gasteiger partial charge in [0.25, 0.3) is 11.8 Å². The van der Waals surface area contributed by atoms with Crippen LogP contribution >= 0.6 is 0 Å². The Balaban J connectivity index is 5.04. The summed E-state index contributed by atoms with van der Waals surface area (Å²) in [6, 6.07) is 0. The minimum atomic E-state index is -1.21. The van der Waals surface area contributed by atoms with Crippen LogP contribution in [0, 0.1) is 0 Å². The smallest absolute Gasteiger partial charge is 0.298 e. The molecule has 16 heavy (non-hydrogen) atoms. The quantitative estimate of drug-likeness (QED) is 0.271. The Morgan fingerprint density at radius 3 is 1.94 bits per heavy atom. The molecule has 0 aliphatic carbocycles. The lowest BCUT2D eigenvalue weighted by atomic mass is 10.3. The van der Waals surface area contributed by atoms with Crippen LogP contribution in [0.25, 0.3) is 0 Å². The van der Waals surface area contributed by atoms with E-state index in [1.807, 2.05) is 0 Å². The molecule has 0 aliphatic rings. The van der Waals surface area contributed by atoms with Crippen LogP contribution < -0.4 is 0 Å². The highest BCUT2D eigenvalue weighted by atomic mass is 16.5. The van der Waals surface area contributed by atoms with Crippen LogP contribution in [0.1, 0.15) is 6.92 Å². The number of amides is 2. The molecule has 6 nitrogen and oxygen atoms in total. The Labute approximate surface area is 92.2 Å².